The lowest BCUT2D eigenvalue weighted by Crippen LogP contribution is -2.43. The molecule has 6 heteroatoms. The molecule has 0 amide bonds. The second-order valence-corrected chi connectivity index (χ2v) is 5.40. The molecule has 0 aromatic carbocycles. The van der Waals surface area contributed by atoms with E-state index in [0.29, 0.717) is 17.6 Å². The minimum atomic E-state index is 0. The number of rotatable bonds is 3. The quantitative estimate of drug-likeness (QED) is 0.871. The SMILES string of the molecule is Cl.NC1CC(Oc2nc(Cl)ccc2C2=CCOCC2)C1. The fourth-order valence-corrected chi connectivity index (χ4v) is 2.52. The van der Waals surface area contributed by atoms with Crippen molar-refractivity contribution in [2.45, 2.75) is 31.4 Å². The fourth-order valence-electron chi connectivity index (χ4n) is 2.38. The molecular weight excluding hydrogens is 299 g/mol. The van der Waals surface area contributed by atoms with E-state index >= 15 is 0 Å². The first-order chi connectivity index (χ1) is 9.22. The maximum atomic E-state index is 5.97. The summed E-state index contributed by atoms with van der Waals surface area (Å²) in [5.41, 5.74) is 8.02. The van der Waals surface area contributed by atoms with Crippen LogP contribution in [-0.4, -0.2) is 30.3 Å². The first-order valence-corrected chi connectivity index (χ1v) is 6.96. The van der Waals surface area contributed by atoms with Gasteiger partial charge in [0, 0.05) is 11.6 Å². The van der Waals surface area contributed by atoms with Crippen LogP contribution in [-0.2, 0) is 4.74 Å². The van der Waals surface area contributed by atoms with E-state index in [9.17, 15) is 0 Å². The van der Waals surface area contributed by atoms with Crippen molar-refractivity contribution < 1.29 is 9.47 Å². The summed E-state index contributed by atoms with van der Waals surface area (Å²) in [4.78, 5) is 4.32. The van der Waals surface area contributed by atoms with Gasteiger partial charge in [-0.3, -0.25) is 0 Å². The second kappa shape index (κ2) is 6.76. The molecule has 0 saturated heterocycles. The third-order valence-corrected chi connectivity index (χ3v) is 3.76. The first-order valence-electron chi connectivity index (χ1n) is 6.58. The largest absolute Gasteiger partial charge is 0.474 e. The predicted octanol–water partition coefficient (Wildman–Crippen LogP) is 2.83. The third kappa shape index (κ3) is 3.44. The molecule has 1 saturated carbocycles. The van der Waals surface area contributed by atoms with E-state index in [0.717, 1.165) is 31.4 Å². The zero-order chi connectivity index (χ0) is 13.2. The Hall–Kier alpha value is -0.810. The highest BCUT2D eigenvalue weighted by Gasteiger charge is 2.29. The smallest absolute Gasteiger partial charge is 0.222 e. The zero-order valence-corrected chi connectivity index (χ0v) is 12.6. The van der Waals surface area contributed by atoms with Crippen LogP contribution in [0.25, 0.3) is 5.57 Å². The van der Waals surface area contributed by atoms with Gasteiger partial charge in [-0.25, -0.2) is 4.98 Å². The van der Waals surface area contributed by atoms with Crippen LogP contribution in [0.4, 0.5) is 0 Å². The van der Waals surface area contributed by atoms with Crippen LogP contribution in [0.1, 0.15) is 24.8 Å². The Kier molecular flexibility index (Phi) is 5.27. The Morgan fingerprint density at radius 3 is 2.80 bits per heavy atom. The lowest BCUT2D eigenvalue weighted by atomic mass is 9.90. The number of hydrogen-bond donors (Lipinski definition) is 1. The molecule has 110 valence electrons. The molecule has 3 rings (SSSR count). The van der Waals surface area contributed by atoms with E-state index in [-0.39, 0.29) is 24.6 Å². The summed E-state index contributed by atoms with van der Waals surface area (Å²) in [5.74, 6) is 0.623. The molecule has 0 unspecified atom stereocenters. The molecule has 20 heavy (non-hydrogen) atoms. The molecule has 1 aliphatic heterocycles. The average Bonchev–Trinajstić information content (AvgIpc) is 2.38. The lowest BCUT2D eigenvalue weighted by Gasteiger charge is -2.32. The van der Waals surface area contributed by atoms with Crippen molar-refractivity contribution >= 4 is 29.6 Å². The number of pyridine rings is 1. The summed E-state index contributed by atoms with van der Waals surface area (Å²) in [6.07, 6.45) is 4.89. The van der Waals surface area contributed by atoms with Gasteiger partial charge in [-0.2, -0.15) is 0 Å². The van der Waals surface area contributed by atoms with Crippen molar-refractivity contribution in [3.63, 3.8) is 0 Å². The van der Waals surface area contributed by atoms with E-state index in [4.69, 9.17) is 26.8 Å². The minimum Gasteiger partial charge on any atom is -0.474 e. The Bertz CT molecular complexity index is 502. The number of nitrogens with two attached hydrogens (primary N) is 1. The summed E-state index contributed by atoms with van der Waals surface area (Å²) in [7, 11) is 0. The van der Waals surface area contributed by atoms with Crippen molar-refractivity contribution in [3.8, 4) is 5.88 Å². The molecule has 2 heterocycles. The topological polar surface area (TPSA) is 57.4 Å². The Labute approximate surface area is 129 Å². The monoisotopic (exact) mass is 316 g/mol. The summed E-state index contributed by atoms with van der Waals surface area (Å²) in [6.45, 7) is 1.38. The maximum Gasteiger partial charge on any atom is 0.222 e. The van der Waals surface area contributed by atoms with Gasteiger partial charge in [-0.1, -0.05) is 17.7 Å². The molecule has 1 aliphatic carbocycles. The van der Waals surface area contributed by atoms with Gasteiger partial charge in [-0.05, 0) is 37.0 Å². The van der Waals surface area contributed by atoms with Gasteiger partial charge in [0.15, 0.2) is 0 Å². The van der Waals surface area contributed by atoms with Crippen LogP contribution < -0.4 is 10.5 Å². The van der Waals surface area contributed by atoms with Gasteiger partial charge in [0.1, 0.15) is 11.3 Å². The van der Waals surface area contributed by atoms with E-state index in [2.05, 4.69) is 11.1 Å². The molecular formula is C14H18Cl2N2O2. The number of halogens is 2. The van der Waals surface area contributed by atoms with Crippen molar-refractivity contribution in [2.75, 3.05) is 13.2 Å². The molecule has 2 N–H and O–H groups in total. The highest BCUT2D eigenvalue weighted by atomic mass is 35.5. The highest BCUT2D eigenvalue weighted by molar-refractivity contribution is 6.29. The van der Waals surface area contributed by atoms with Crippen molar-refractivity contribution in [1.82, 2.24) is 4.98 Å². The number of ether oxygens (including phenoxy) is 2. The minimum absolute atomic E-state index is 0. The molecule has 2 aliphatic rings. The van der Waals surface area contributed by atoms with Gasteiger partial charge in [0.05, 0.1) is 13.2 Å². The highest BCUT2D eigenvalue weighted by Crippen LogP contribution is 2.32. The Balaban J connectivity index is 0.00000147. The summed E-state index contributed by atoms with van der Waals surface area (Å²) in [6, 6.07) is 4.03. The normalized spacial score (nSPS) is 25.2. The van der Waals surface area contributed by atoms with Crippen molar-refractivity contribution in [3.05, 3.63) is 28.9 Å². The van der Waals surface area contributed by atoms with E-state index < -0.39 is 0 Å². The van der Waals surface area contributed by atoms with Crippen LogP contribution in [0.3, 0.4) is 0 Å². The van der Waals surface area contributed by atoms with Crippen LogP contribution in [0.5, 0.6) is 5.88 Å². The lowest BCUT2D eigenvalue weighted by molar-refractivity contribution is 0.0953. The van der Waals surface area contributed by atoms with Crippen LogP contribution in [0, 0.1) is 0 Å². The van der Waals surface area contributed by atoms with Gasteiger partial charge in [0.25, 0.3) is 0 Å². The molecule has 0 atom stereocenters. The van der Waals surface area contributed by atoms with Gasteiger partial charge < -0.3 is 15.2 Å². The number of nitrogens with zero attached hydrogens (tertiary/aromatic N) is 1. The van der Waals surface area contributed by atoms with Crippen LogP contribution in [0.2, 0.25) is 5.15 Å². The van der Waals surface area contributed by atoms with E-state index in [1.54, 1.807) is 6.07 Å². The summed E-state index contributed by atoms with van der Waals surface area (Å²) < 4.78 is 11.3. The predicted molar refractivity (Wildman–Crippen MR) is 81.5 cm³/mol. The van der Waals surface area contributed by atoms with Gasteiger partial charge in [0.2, 0.25) is 5.88 Å². The first kappa shape index (κ1) is 15.6. The standard InChI is InChI=1S/C14H17ClN2O2.ClH/c15-13-2-1-12(9-3-5-18-6-4-9)14(17-13)19-11-7-10(16)8-11;/h1-3,10-11H,4-8,16H2;1H. The van der Waals surface area contributed by atoms with Gasteiger partial charge in [-0.15, -0.1) is 12.4 Å². The number of aromatic nitrogens is 1. The molecule has 1 aromatic rings. The summed E-state index contributed by atoms with van der Waals surface area (Å²) >= 11 is 5.97. The summed E-state index contributed by atoms with van der Waals surface area (Å²) in [5, 5.41) is 0.454. The second-order valence-electron chi connectivity index (χ2n) is 5.01. The number of hydrogen-bond acceptors (Lipinski definition) is 4. The molecule has 1 fully saturated rings. The Morgan fingerprint density at radius 2 is 2.15 bits per heavy atom. The maximum absolute atomic E-state index is 5.97. The van der Waals surface area contributed by atoms with E-state index in [1.807, 2.05) is 6.07 Å². The molecule has 0 radical (unpaired) electrons. The van der Waals surface area contributed by atoms with Crippen LogP contribution in [0.15, 0.2) is 18.2 Å². The Morgan fingerprint density at radius 1 is 1.35 bits per heavy atom. The third-order valence-electron chi connectivity index (χ3n) is 3.55. The fraction of sp³-hybridized carbons (Fsp3) is 0.500. The van der Waals surface area contributed by atoms with E-state index in [1.165, 1.54) is 5.57 Å². The molecule has 1 aromatic heterocycles. The molecule has 0 spiro atoms. The molecule has 0 bridgehead atoms. The van der Waals surface area contributed by atoms with Crippen LogP contribution >= 0.6 is 24.0 Å². The van der Waals surface area contributed by atoms with Crippen molar-refractivity contribution in [1.29, 1.82) is 0 Å². The average molecular weight is 317 g/mol. The van der Waals surface area contributed by atoms with Crippen molar-refractivity contribution in [2.24, 2.45) is 5.73 Å². The molecule has 4 nitrogen and oxygen atoms in total. The van der Waals surface area contributed by atoms with Gasteiger partial charge >= 0.3 is 0 Å². The zero-order valence-electron chi connectivity index (χ0n) is 11.0.